The summed E-state index contributed by atoms with van der Waals surface area (Å²) < 4.78 is 0. The topological polar surface area (TPSA) is 40.5 Å². The van der Waals surface area contributed by atoms with Crippen LogP contribution >= 0.6 is 0 Å². The number of hydrogen-bond donors (Lipinski definition) is 2. The van der Waals surface area contributed by atoms with E-state index in [0.717, 1.165) is 0 Å². The summed E-state index contributed by atoms with van der Waals surface area (Å²) in [6.45, 7) is 6.19. The first-order chi connectivity index (χ1) is 4.42. The van der Waals surface area contributed by atoms with Gasteiger partial charge in [0.15, 0.2) is 0 Å². The molecule has 0 unspecified atom stereocenters. The highest BCUT2D eigenvalue weighted by atomic mass is 16.4. The van der Waals surface area contributed by atoms with Gasteiger partial charge in [0.05, 0.1) is 0 Å². The fraction of sp³-hybridized carbons (Fsp3) is 0.714. The molecule has 0 aliphatic rings. The van der Waals surface area contributed by atoms with Crippen molar-refractivity contribution in [2.24, 2.45) is 5.41 Å². The maximum Gasteiger partial charge on any atom is 0.455 e. The summed E-state index contributed by atoms with van der Waals surface area (Å²) in [5.41, 5.74) is 0.134. The first kappa shape index (κ1) is 9.72. The molecule has 0 aliphatic carbocycles. The molecule has 0 atom stereocenters. The molecule has 0 aromatic heterocycles. The van der Waals surface area contributed by atoms with Gasteiger partial charge in [-0.15, -0.1) is 0 Å². The Morgan fingerprint density at radius 1 is 1.30 bits per heavy atom. The quantitative estimate of drug-likeness (QED) is 0.447. The maximum atomic E-state index is 8.45. The lowest BCUT2D eigenvalue weighted by atomic mass is 9.84. The van der Waals surface area contributed by atoms with Crippen LogP contribution in [0.25, 0.3) is 0 Å². The highest BCUT2D eigenvalue weighted by molar-refractivity contribution is 6.41. The van der Waals surface area contributed by atoms with Crippen molar-refractivity contribution in [2.45, 2.75) is 27.1 Å². The molecule has 0 aromatic carbocycles. The van der Waals surface area contributed by atoms with Gasteiger partial charge in [-0.25, -0.2) is 0 Å². The van der Waals surface area contributed by atoms with E-state index in [4.69, 9.17) is 10.0 Å². The lowest BCUT2D eigenvalue weighted by molar-refractivity contribution is 0.410. The average molecular weight is 142 g/mol. The SMILES string of the molecule is CC(C)(C)C=CCB(O)O. The van der Waals surface area contributed by atoms with Gasteiger partial charge >= 0.3 is 7.12 Å². The van der Waals surface area contributed by atoms with E-state index in [2.05, 4.69) is 20.8 Å². The lowest BCUT2D eigenvalue weighted by Crippen LogP contribution is -2.08. The van der Waals surface area contributed by atoms with Crippen LogP contribution in [0.4, 0.5) is 0 Å². The van der Waals surface area contributed by atoms with Gasteiger partial charge in [0.1, 0.15) is 0 Å². The van der Waals surface area contributed by atoms with Crippen LogP contribution < -0.4 is 0 Å². The Hall–Kier alpha value is -0.275. The second-order valence-electron chi connectivity index (χ2n) is 3.48. The third kappa shape index (κ3) is 7.72. The van der Waals surface area contributed by atoms with Crippen LogP contribution in [-0.2, 0) is 0 Å². The highest BCUT2D eigenvalue weighted by Gasteiger charge is 2.06. The van der Waals surface area contributed by atoms with E-state index in [0.29, 0.717) is 6.32 Å². The van der Waals surface area contributed by atoms with Crippen molar-refractivity contribution < 1.29 is 10.0 Å². The number of rotatable bonds is 2. The molecule has 0 aliphatic heterocycles. The van der Waals surface area contributed by atoms with Crippen molar-refractivity contribution in [3.8, 4) is 0 Å². The minimum absolute atomic E-state index is 0.134. The van der Waals surface area contributed by atoms with Gasteiger partial charge in [-0.3, -0.25) is 0 Å². The Morgan fingerprint density at radius 3 is 2.10 bits per heavy atom. The summed E-state index contributed by atoms with van der Waals surface area (Å²) in [7, 11) is -1.21. The average Bonchev–Trinajstić information content (AvgIpc) is 1.59. The monoisotopic (exact) mass is 142 g/mol. The van der Waals surface area contributed by atoms with Crippen LogP contribution in [0.1, 0.15) is 20.8 Å². The molecule has 2 N–H and O–H groups in total. The summed E-state index contributed by atoms with van der Waals surface area (Å²) >= 11 is 0. The molecular formula is C7H15BO2. The molecule has 0 saturated carbocycles. The summed E-state index contributed by atoms with van der Waals surface area (Å²) in [5.74, 6) is 0. The van der Waals surface area contributed by atoms with Gasteiger partial charge in [0, 0.05) is 0 Å². The summed E-state index contributed by atoms with van der Waals surface area (Å²) in [6.07, 6.45) is 4.06. The predicted octanol–water partition coefficient (Wildman–Crippen LogP) is 1.06. The Kier molecular flexibility index (Phi) is 3.68. The molecular weight excluding hydrogens is 127 g/mol. The van der Waals surface area contributed by atoms with Gasteiger partial charge < -0.3 is 10.0 Å². The second-order valence-corrected chi connectivity index (χ2v) is 3.48. The molecule has 0 fully saturated rings. The van der Waals surface area contributed by atoms with E-state index >= 15 is 0 Å². The highest BCUT2D eigenvalue weighted by Crippen LogP contribution is 2.14. The third-order valence-electron chi connectivity index (χ3n) is 0.965. The lowest BCUT2D eigenvalue weighted by Gasteiger charge is -2.10. The van der Waals surface area contributed by atoms with Gasteiger partial charge in [0.25, 0.3) is 0 Å². The zero-order valence-electron chi connectivity index (χ0n) is 6.83. The van der Waals surface area contributed by atoms with E-state index in [9.17, 15) is 0 Å². The van der Waals surface area contributed by atoms with Crippen LogP contribution in [0.2, 0.25) is 6.32 Å². The number of allylic oxidation sites excluding steroid dienone is 2. The van der Waals surface area contributed by atoms with E-state index in [1.807, 2.05) is 6.08 Å². The van der Waals surface area contributed by atoms with Crippen LogP contribution in [0.3, 0.4) is 0 Å². The molecule has 0 heterocycles. The smallest absolute Gasteiger partial charge is 0.427 e. The van der Waals surface area contributed by atoms with E-state index in [1.54, 1.807) is 6.08 Å². The molecule has 0 radical (unpaired) electrons. The molecule has 0 saturated heterocycles. The normalized spacial score (nSPS) is 12.5. The van der Waals surface area contributed by atoms with E-state index < -0.39 is 7.12 Å². The molecule has 0 rings (SSSR count). The van der Waals surface area contributed by atoms with Crippen LogP contribution in [0.5, 0.6) is 0 Å². The minimum atomic E-state index is -1.21. The first-order valence-corrected chi connectivity index (χ1v) is 3.45. The van der Waals surface area contributed by atoms with Crippen LogP contribution in [-0.4, -0.2) is 17.2 Å². The van der Waals surface area contributed by atoms with Gasteiger partial charge in [-0.05, 0) is 11.7 Å². The largest absolute Gasteiger partial charge is 0.455 e. The van der Waals surface area contributed by atoms with Crippen molar-refractivity contribution in [3.05, 3.63) is 12.2 Å². The van der Waals surface area contributed by atoms with Crippen LogP contribution in [0.15, 0.2) is 12.2 Å². The predicted molar refractivity (Wildman–Crippen MR) is 43.6 cm³/mol. The third-order valence-corrected chi connectivity index (χ3v) is 0.965. The Balaban J connectivity index is 3.57. The van der Waals surface area contributed by atoms with E-state index in [-0.39, 0.29) is 5.41 Å². The minimum Gasteiger partial charge on any atom is -0.427 e. The molecule has 0 bridgehead atoms. The second kappa shape index (κ2) is 3.79. The van der Waals surface area contributed by atoms with Crippen molar-refractivity contribution in [3.63, 3.8) is 0 Å². The zero-order valence-corrected chi connectivity index (χ0v) is 6.83. The standard InChI is InChI=1S/C7H15BO2/c1-7(2,3)5-4-6-8(9)10/h4-5,9-10H,6H2,1-3H3. The van der Waals surface area contributed by atoms with Gasteiger partial charge in [-0.1, -0.05) is 32.9 Å². The van der Waals surface area contributed by atoms with Crippen LogP contribution in [0, 0.1) is 5.41 Å². The molecule has 58 valence electrons. The molecule has 3 heteroatoms. The fourth-order valence-electron chi connectivity index (χ4n) is 0.543. The summed E-state index contributed by atoms with van der Waals surface area (Å²) in [6, 6.07) is 0. The van der Waals surface area contributed by atoms with E-state index in [1.165, 1.54) is 0 Å². The molecule has 10 heavy (non-hydrogen) atoms. The maximum absolute atomic E-state index is 8.45. The summed E-state index contributed by atoms with van der Waals surface area (Å²) in [5, 5.41) is 16.9. The van der Waals surface area contributed by atoms with Gasteiger partial charge in [0.2, 0.25) is 0 Å². The number of hydrogen-bond acceptors (Lipinski definition) is 2. The molecule has 0 amide bonds. The Labute approximate surface area is 62.7 Å². The van der Waals surface area contributed by atoms with Crippen molar-refractivity contribution in [1.82, 2.24) is 0 Å². The first-order valence-electron chi connectivity index (χ1n) is 3.45. The van der Waals surface area contributed by atoms with Crippen molar-refractivity contribution in [1.29, 1.82) is 0 Å². The van der Waals surface area contributed by atoms with Crippen molar-refractivity contribution >= 4 is 7.12 Å². The molecule has 0 spiro atoms. The fourth-order valence-corrected chi connectivity index (χ4v) is 0.543. The zero-order chi connectivity index (χ0) is 8.20. The Bertz CT molecular complexity index is 113. The molecule has 2 nitrogen and oxygen atoms in total. The van der Waals surface area contributed by atoms with Crippen molar-refractivity contribution in [2.75, 3.05) is 0 Å². The Morgan fingerprint density at radius 2 is 1.80 bits per heavy atom. The molecule has 0 aromatic rings. The van der Waals surface area contributed by atoms with Gasteiger partial charge in [-0.2, -0.15) is 0 Å². The summed E-state index contributed by atoms with van der Waals surface area (Å²) in [4.78, 5) is 0.